The quantitative estimate of drug-likeness (QED) is 0.788. The van der Waals surface area contributed by atoms with Crippen molar-refractivity contribution in [3.8, 4) is 5.75 Å². The second-order valence-corrected chi connectivity index (χ2v) is 5.62. The fourth-order valence-electron chi connectivity index (χ4n) is 2.39. The van der Waals surface area contributed by atoms with Crippen LogP contribution in [0.2, 0.25) is 5.02 Å². The van der Waals surface area contributed by atoms with Crippen molar-refractivity contribution in [1.82, 2.24) is 5.32 Å². The topological polar surface area (TPSA) is 93.5 Å². The summed E-state index contributed by atoms with van der Waals surface area (Å²) in [4.78, 5) is 22.8. The van der Waals surface area contributed by atoms with E-state index in [2.05, 4.69) is 10.6 Å². The average Bonchev–Trinajstić information content (AvgIpc) is 2.52. The molecule has 1 atom stereocenters. The molecule has 2 aromatic carbocycles. The van der Waals surface area contributed by atoms with Crippen molar-refractivity contribution in [2.24, 2.45) is 5.73 Å². The minimum atomic E-state index is -0.684. The molecule has 1 heterocycles. The SMILES string of the molecule is NC(=O)COc1ccc(C2NC(=O)c3c(F)cc(Cl)cc3N2)cc1. The lowest BCUT2D eigenvalue weighted by Gasteiger charge is -2.28. The highest BCUT2D eigenvalue weighted by Gasteiger charge is 2.28. The highest BCUT2D eigenvalue weighted by molar-refractivity contribution is 6.31. The molecule has 0 fully saturated rings. The molecule has 0 aliphatic carbocycles. The molecule has 2 amide bonds. The molecule has 2 aromatic rings. The number of primary amides is 1. The van der Waals surface area contributed by atoms with Crippen LogP contribution in [0.3, 0.4) is 0 Å². The van der Waals surface area contributed by atoms with E-state index in [0.717, 1.165) is 11.6 Å². The number of carbonyl (C=O) groups excluding carboxylic acids is 2. The van der Waals surface area contributed by atoms with Crippen LogP contribution < -0.4 is 21.1 Å². The van der Waals surface area contributed by atoms with Crippen molar-refractivity contribution in [3.05, 3.63) is 58.4 Å². The van der Waals surface area contributed by atoms with Crippen LogP contribution in [0.1, 0.15) is 22.1 Å². The number of hydrogen-bond acceptors (Lipinski definition) is 4. The van der Waals surface area contributed by atoms with E-state index < -0.39 is 23.8 Å². The lowest BCUT2D eigenvalue weighted by atomic mass is 10.1. The zero-order chi connectivity index (χ0) is 17.3. The van der Waals surface area contributed by atoms with Gasteiger partial charge in [-0.3, -0.25) is 9.59 Å². The largest absolute Gasteiger partial charge is 0.484 e. The Balaban J connectivity index is 1.81. The summed E-state index contributed by atoms with van der Waals surface area (Å²) < 4.78 is 19.0. The number of nitrogens with two attached hydrogens (primary N) is 1. The summed E-state index contributed by atoms with van der Waals surface area (Å²) in [5, 5.41) is 5.89. The number of halogens is 2. The minimum absolute atomic E-state index is 0.0722. The third kappa shape index (κ3) is 3.26. The standard InChI is InChI=1S/C16H13ClFN3O3/c17-9-5-11(18)14-12(6-9)20-15(21-16(14)23)8-1-3-10(4-2-8)24-7-13(19)22/h1-6,15,20H,7H2,(H2,19,22)(H,21,23). The van der Waals surface area contributed by atoms with Crippen LogP contribution in [0.4, 0.5) is 10.1 Å². The molecule has 0 saturated carbocycles. The highest BCUT2D eigenvalue weighted by atomic mass is 35.5. The molecule has 8 heteroatoms. The Labute approximate surface area is 141 Å². The smallest absolute Gasteiger partial charge is 0.258 e. The van der Waals surface area contributed by atoms with Gasteiger partial charge >= 0.3 is 0 Å². The molecule has 24 heavy (non-hydrogen) atoms. The Morgan fingerprint density at radius 1 is 1.25 bits per heavy atom. The predicted octanol–water partition coefficient (Wildman–Crippen LogP) is 2.20. The lowest BCUT2D eigenvalue weighted by molar-refractivity contribution is -0.119. The third-order valence-corrected chi connectivity index (χ3v) is 3.67. The molecular formula is C16H13ClFN3O3. The first-order chi connectivity index (χ1) is 11.4. The number of carbonyl (C=O) groups is 2. The van der Waals surface area contributed by atoms with Gasteiger partial charge in [0.15, 0.2) is 6.61 Å². The van der Waals surface area contributed by atoms with Gasteiger partial charge in [-0.25, -0.2) is 4.39 Å². The molecule has 0 radical (unpaired) electrons. The maximum atomic E-state index is 13.9. The van der Waals surface area contributed by atoms with Gasteiger partial charge in [0, 0.05) is 5.02 Å². The lowest BCUT2D eigenvalue weighted by Crippen LogP contribution is -2.39. The van der Waals surface area contributed by atoms with Gasteiger partial charge < -0.3 is 21.1 Å². The summed E-state index contributed by atoms with van der Waals surface area (Å²) in [6, 6.07) is 9.28. The van der Waals surface area contributed by atoms with Crippen LogP contribution in [0, 0.1) is 5.82 Å². The number of rotatable bonds is 4. The molecule has 0 spiro atoms. The summed E-state index contributed by atoms with van der Waals surface area (Å²) in [5.74, 6) is -1.32. The number of nitrogens with one attached hydrogen (secondary N) is 2. The Kier molecular flexibility index (Phi) is 4.26. The summed E-state index contributed by atoms with van der Waals surface area (Å²) in [7, 11) is 0. The number of anilines is 1. The zero-order valence-electron chi connectivity index (χ0n) is 12.3. The first kappa shape index (κ1) is 16.1. The maximum absolute atomic E-state index is 13.9. The highest BCUT2D eigenvalue weighted by Crippen LogP contribution is 2.31. The summed E-state index contributed by atoms with van der Waals surface area (Å²) >= 11 is 5.84. The van der Waals surface area contributed by atoms with Crippen LogP contribution in [0.15, 0.2) is 36.4 Å². The Morgan fingerprint density at radius 2 is 1.96 bits per heavy atom. The first-order valence-electron chi connectivity index (χ1n) is 7.01. The van der Waals surface area contributed by atoms with E-state index >= 15 is 0 Å². The Morgan fingerprint density at radius 3 is 2.62 bits per heavy atom. The van der Waals surface area contributed by atoms with Gasteiger partial charge in [0.25, 0.3) is 11.8 Å². The summed E-state index contributed by atoms with van der Waals surface area (Å²) in [6.07, 6.45) is -0.548. The molecule has 124 valence electrons. The van der Waals surface area contributed by atoms with Crippen molar-refractivity contribution in [1.29, 1.82) is 0 Å². The van der Waals surface area contributed by atoms with Gasteiger partial charge in [0.05, 0.1) is 11.3 Å². The Hall–Kier alpha value is -2.80. The average molecular weight is 350 g/mol. The van der Waals surface area contributed by atoms with Gasteiger partial charge in [-0.15, -0.1) is 0 Å². The molecule has 0 saturated heterocycles. The van der Waals surface area contributed by atoms with Crippen molar-refractivity contribution < 1.29 is 18.7 Å². The van der Waals surface area contributed by atoms with Crippen LogP contribution in [0.5, 0.6) is 5.75 Å². The van der Waals surface area contributed by atoms with E-state index in [9.17, 15) is 14.0 Å². The van der Waals surface area contributed by atoms with Gasteiger partial charge in [-0.2, -0.15) is 0 Å². The molecule has 0 bridgehead atoms. The number of hydrogen-bond donors (Lipinski definition) is 3. The van der Waals surface area contributed by atoms with E-state index in [-0.39, 0.29) is 17.2 Å². The predicted molar refractivity (Wildman–Crippen MR) is 86.4 cm³/mol. The van der Waals surface area contributed by atoms with Crippen LogP contribution in [-0.4, -0.2) is 18.4 Å². The van der Waals surface area contributed by atoms with Gasteiger partial charge in [-0.05, 0) is 29.8 Å². The van der Waals surface area contributed by atoms with Crippen molar-refractivity contribution in [2.75, 3.05) is 11.9 Å². The van der Waals surface area contributed by atoms with E-state index in [1.807, 2.05) is 0 Å². The molecule has 1 unspecified atom stereocenters. The van der Waals surface area contributed by atoms with Crippen molar-refractivity contribution in [3.63, 3.8) is 0 Å². The van der Waals surface area contributed by atoms with Gasteiger partial charge in [0.1, 0.15) is 17.7 Å². The van der Waals surface area contributed by atoms with Crippen molar-refractivity contribution >= 4 is 29.1 Å². The number of ether oxygens (including phenoxy) is 1. The van der Waals surface area contributed by atoms with Gasteiger partial charge in [-0.1, -0.05) is 23.7 Å². The second kappa shape index (κ2) is 6.37. The summed E-state index contributed by atoms with van der Waals surface area (Å²) in [5.41, 5.74) is 5.98. The molecule has 6 nitrogen and oxygen atoms in total. The number of amides is 2. The normalized spacial score (nSPS) is 15.9. The van der Waals surface area contributed by atoms with E-state index in [1.54, 1.807) is 24.3 Å². The Bertz CT molecular complexity index is 811. The molecule has 4 N–H and O–H groups in total. The van der Waals surface area contributed by atoms with E-state index in [0.29, 0.717) is 11.4 Å². The second-order valence-electron chi connectivity index (χ2n) is 5.19. The number of fused-ring (bicyclic) bond motifs is 1. The number of benzene rings is 2. The van der Waals surface area contributed by atoms with E-state index in [1.165, 1.54) is 6.07 Å². The first-order valence-corrected chi connectivity index (χ1v) is 7.39. The maximum Gasteiger partial charge on any atom is 0.258 e. The fraction of sp³-hybridized carbons (Fsp3) is 0.125. The van der Waals surface area contributed by atoms with Crippen LogP contribution in [0.25, 0.3) is 0 Å². The molecule has 0 aromatic heterocycles. The zero-order valence-corrected chi connectivity index (χ0v) is 13.1. The molecule has 1 aliphatic heterocycles. The minimum Gasteiger partial charge on any atom is -0.484 e. The van der Waals surface area contributed by atoms with E-state index in [4.69, 9.17) is 22.1 Å². The van der Waals surface area contributed by atoms with Crippen molar-refractivity contribution in [2.45, 2.75) is 6.17 Å². The monoisotopic (exact) mass is 349 g/mol. The molecule has 3 rings (SSSR count). The fourth-order valence-corrected chi connectivity index (χ4v) is 2.60. The molecular weight excluding hydrogens is 337 g/mol. The van der Waals surface area contributed by atoms with Crippen LogP contribution >= 0.6 is 11.6 Å². The van der Waals surface area contributed by atoms with Crippen LogP contribution in [-0.2, 0) is 4.79 Å². The third-order valence-electron chi connectivity index (χ3n) is 3.45. The molecule has 1 aliphatic rings. The summed E-state index contributed by atoms with van der Waals surface area (Å²) in [6.45, 7) is -0.219. The van der Waals surface area contributed by atoms with Gasteiger partial charge in [0.2, 0.25) is 0 Å².